The predicted octanol–water partition coefficient (Wildman–Crippen LogP) is 2.45. The molecule has 0 aliphatic heterocycles. The van der Waals surface area contributed by atoms with Gasteiger partial charge >= 0.3 is 0 Å². The van der Waals surface area contributed by atoms with Crippen molar-refractivity contribution < 1.29 is 17.9 Å². The SMILES string of the molecule is CC=CC=CC(=O)N(C)CCCOc1cccc(S(C)(=O)=O)c1. The van der Waals surface area contributed by atoms with Crippen LogP contribution in [0.4, 0.5) is 0 Å². The lowest BCUT2D eigenvalue weighted by Gasteiger charge is -2.15. The minimum Gasteiger partial charge on any atom is -0.493 e. The Morgan fingerprint density at radius 2 is 2.04 bits per heavy atom. The molecule has 0 bridgehead atoms. The molecule has 0 spiro atoms. The van der Waals surface area contributed by atoms with Crippen LogP contribution in [0.25, 0.3) is 0 Å². The third-order valence-electron chi connectivity index (χ3n) is 3.06. The first-order chi connectivity index (χ1) is 10.8. The summed E-state index contributed by atoms with van der Waals surface area (Å²) in [5, 5.41) is 0. The fourth-order valence-corrected chi connectivity index (χ4v) is 2.43. The quantitative estimate of drug-likeness (QED) is 0.415. The molecule has 1 amide bonds. The Hall–Kier alpha value is -2.08. The van der Waals surface area contributed by atoms with E-state index in [4.69, 9.17) is 4.74 Å². The van der Waals surface area contributed by atoms with Gasteiger partial charge in [-0.15, -0.1) is 0 Å². The van der Waals surface area contributed by atoms with E-state index < -0.39 is 9.84 Å². The van der Waals surface area contributed by atoms with Gasteiger partial charge in [0, 0.05) is 25.9 Å². The molecule has 0 atom stereocenters. The Morgan fingerprint density at radius 1 is 1.30 bits per heavy atom. The van der Waals surface area contributed by atoms with Crippen LogP contribution in [0.2, 0.25) is 0 Å². The van der Waals surface area contributed by atoms with E-state index >= 15 is 0 Å². The first-order valence-corrected chi connectivity index (χ1v) is 9.21. The Labute approximate surface area is 138 Å². The van der Waals surface area contributed by atoms with Crippen LogP contribution in [-0.4, -0.2) is 45.7 Å². The summed E-state index contributed by atoms with van der Waals surface area (Å²) >= 11 is 0. The summed E-state index contributed by atoms with van der Waals surface area (Å²) in [6.07, 6.45) is 8.67. The number of rotatable bonds is 8. The van der Waals surface area contributed by atoms with Crippen molar-refractivity contribution in [3.8, 4) is 5.75 Å². The van der Waals surface area contributed by atoms with Crippen molar-refractivity contribution in [1.82, 2.24) is 4.90 Å². The van der Waals surface area contributed by atoms with Crippen LogP contribution in [-0.2, 0) is 14.6 Å². The molecule has 0 N–H and O–H groups in total. The summed E-state index contributed by atoms with van der Waals surface area (Å²) in [5.74, 6) is 0.442. The molecule has 0 saturated carbocycles. The van der Waals surface area contributed by atoms with Gasteiger partial charge in [-0.05, 0) is 31.5 Å². The average Bonchev–Trinajstić information content (AvgIpc) is 2.51. The molecule has 0 unspecified atom stereocenters. The molecule has 0 heterocycles. The Morgan fingerprint density at radius 3 is 2.70 bits per heavy atom. The summed E-state index contributed by atoms with van der Waals surface area (Å²) < 4.78 is 28.5. The number of benzene rings is 1. The lowest BCUT2D eigenvalue weighted by molar-refractivity contribution is -0.124. The lowest BCUT2D eigenvalue weighted by Crippen LogP contribution is -2.26. The largest absolute Gasteiger partial charge is 0.493 e. The standard InChI is InChI=1S/C17H23NO4S/c1-4-5-6-11-17(19)18(2)12-8-13-22-15-9-7-10-16(14-15)23(3,20)21/h4-7,9-11,14H,8,12-13H2,1-3H3. The third kappa shape index (κ3) is 7.15. The van der Waals surface area contributed by atoms with E-state index in [2.05, 4.69) is 0 Å². The second kappa shape index (κ2) is 9.15. The van der Waals surface area contributed by atoms with E-state index in [1.54, 1.807) is 36.2 Å². The smallest absolute Gasteiger partial charge is 0.246 e. The van der Waals surface area contributed by atoms with E-state index in [1.165, 1.54) is 18.2 Å². The van der Waals surface area contributed by atoms with Gasteiger partial charge in [0.25, 0.3) is 0 Å². The fraction of sp³-hybridized carbons (Fsp3) is 0.353. The molecule has 1 aromatic rings. The number of hydrogen-bond acceptors (Lipinski definition) is 4. The highest BCUT2D eigenvalue weighted by Gasteiger charge is 2.08. The second-order valence-corrected chi connectivity index (χ2v) is 7.11. The van der Waals surface area contributed by atoms with Crippen LogP contribution in [0.5, 0.6) is 5.75 Å². The number of nitrogens with zero attached hydrogens (tertiary/aromatic N) is 1. The zero-order valence-corrected chi connectivity index (χ0v) is 14.5. The van der Waals surface area contributed by atoms with Crippen molar-refractivity contribution in [1.29, 1.82) is 0 Å². The monoisotopic (exact) mass is 337 g/mol. The predicted molar refractivity (Wildman–Crippen MR) is 91.3 cm³/mol. The van der Waals surface area contributed by atoms with Gasteiger partial charge < -0.3 is 9.64 Å². The molecule has 1 rings (SSSR count). The molecule has 0 aliphatic rings. The minimum absolute atomic E-state index is 0.0674. The van der Waals surface area contributed by atoms with Gasteiger partial charge in [0.1, 0.15) is 5.75 Å². The summed E-state index contributed by atoms with van der Waals surface area (Å²) in [6, 6.07) is 6.40. The first-order valence-electron chi connectivity index (χ1n) is 7.32. The van der Waals surface area contributed by atoms with Crippen LogP contribution in [0.15, 0.2) is 53.5 Å². The van der Waals surface area contributed by atoms with Crippen molar-refractivity contribution in [2.24, 2.45) is 0 Å². The van der Waals surface area contributed by atoms with Crippen LogP contribution in [0, 0.1) is 0 Å². The summed E-state index contributed by atoms with van der Waals surface area (Å²) in [5.41, 5.74) is 0. The van der Waals surface area contributed by atoms with E-state index in [1.807, 2.05) is 13.0 Å². The van der Waals surface area contributed by atoms with Crippen LogP contribution in [0.3, 0.4) is 0 Å². The number of amides is 1. The van der Waals surface area contributed by atoms with Crippen molar-refractivity contribution in [2.75, 3.05) is 26.5 Å². The third-order valence-corrected chi connectivity index (χ3v) is 4.17. The molecule has 23 heavy (non-hydrogen) atoms. The number of ether oxygens (including phenoxy) is 1. The summed E-state index contributed by atoms with van der Waals surface area (Å²) in [7, 11) is -1.51. The molecule has 0 aliphatic carbocycles. The van der Waals surface area contributed by atoms with Gasteiger partial charge in [-0.2, -0.15) is 0 Å². The molecule has 1 aromatic carbocycles. The number of likely N-dealkylation sites (N-methyl/N-ethyl adjacent to an activating group) is 1. The number of carbonyl (C=O) groups is 1. The molecule has 5 nitrogen and oxygen atoms in total. The van der Waals surface area contributed by atoms with E-state index in [-0.39, 0.29) is 10.8 Å². The number of hydrogen-bond donors (Lipinski definition) is 0. The van der Waals surface area contributed by atoms with Gasteiger partial charge in [0.05, 0.1) is 11.5 Å². The van der Waals surface area contributed by atoms with Crippen molar-refractivity contribution in [3.63, 3.8) is 0 Å². The normalized spacial score (nSPS) is 12.0. The Bertz CT molecular complexity index is 678. The van der Waals surface area contributed by atoms with Crippen molar-refractivity contribution in [2.45, 2.75) is 18.2 Å². The van der Waals surface area contributed by atoms with Crippen LogP contribution >= 0.6 is 0 Å². The molecule has 126 valence electrons. The molecule has 0 fully saturated rings. The number of allylic oxidation sites excluding steroid dienone is 3. The Kier molecular flexibility index (Phi) is 7.54. The van der Waals surface area contributed by atoms with Gasteiger partial charge in [-0.25, -0.2) is 8.42 Å². The molecular formula is C17H23NO4S. The van der Waals surface area contributed by atoms with E-state index in [0.29, 0.717) is 25.3 Å². The van der Waals surface area contributed by atoms with E-state index in [0.717, 1.165) is 6.26 Å². The summed E-state index contributed by atoms with van der Waals surface area (Å²) in [4.78, 5) is 13.6. The van der Waals surface area contributed by atoms with Crippen LogP contribution < -0.4 is 4.74 Å². The molecular weight excluding hydrogens is 314 g/mol. The molecule has 0 radical (unpaired) electrons. The zero-order chi connectivity index (χ0) is 17.3. The number of carbonyl (C=O) groups excluding carboxylic acids is 1. The fourth-order valence-electron chi connectivity index (χ4n) is 1.77. The Balaban J connectivity index is 2.42. The molecule has 0 saturated heterocycles. The molecule has 0 aromatic heterocycles. The minimum atomic E-state index is -3.24. The highest BCUT2D eigenvalue weighted by atomic mass is 32.2. The van der Waals surface area contributed by atoms with Gasteiger partial charge in [-0.3, -0.25) is 4.79 Å². The van der Waals surface area contributed by atoms with Crippen molar-refractivity contribution in [3.05, 3.63) is 48.6 Å². The average molecular weight is 337 g/mol. The summed E-state index contributed by atoms with van der Waals surface area (Å²) in [6.45, 7) is 2.85. The topological polar surface area (TPSA) is 63.7 Å². The van der Waals surface area contributed by atoms with Crippen LogP contribution in [0.1, 0.15) is 13.3 Å². The van der Waals surface area contributed by atoms with E-state index in [9.17, 15) is 13.2 Å². The lowest BCUT2D eigenvalue weighted by atomic mass is 10.3. The second-order valence-electron chi connectivity index (χ2n) is 5.09. The van der Waals surface area contributed by atoms with Gasteiger partial charge in [-0.1, -0.05) is 24.3 Å². The maximum atomic E-state index is 11.7. The first kappa shape index (κ1) is 19.0. The van der Waals surface area contributed by atoms with Crippen molar-refractivity contribution >= 4 is 15.7 Å². The number of sulfone groups is 1. The molecule has 6 heteroatoms. The maximum Gasteiger partial charge on any atom is 0.246 e. The van der Waals surface area contributed by atoms with Gasteiger partial charge in [0.15, 0.2) is 9.84 Å². The highest BCUT2D eigenvalue weighted by molar-refractivity contribution is 7.90. The maximum absolute atomic E-state index is 11.7. The highest BCUT2D eigenvalue weighted by Crippen LogP contribution is 2.17. The van der Waals surface area contributed by atoms with Gasteiger partial charge in [0.2, 0.25) is 5.91 Å². The zero-order valence-electron chi connectivity index (χ0n) is 13.7.